The number of carbonyl (C=O) groups excluding carboxylic acids is 1. The normalized spacial score (nSPS) is 16.8. The van der Waals surface area contributed by atoms with Crippen LogP contribution in [-0.4, -0.2) is 56.3 Å². The molecule has 1 amide bonds. The summed E-state index contributed by atoms with van der Waals surface area (Å²) in [6, 6.07) is 7.11. The molecule has 1 aromatic carbocycles. The van der Waals surface area contributed by atoms with Gasteiger partial charge in [-0.2, -0.15) is 0 Å². The van der Waals surface area contributed by atoms with E-state index in [4.69, 9.17) is 21.1 Å². The van der Waals surface area contributed by atoms with E-state index in [9.17, 15) is 4.79 Å². The first-order valence-electron chi connectivity index (χ1n) is 8.19. The van der Waals surface area contributed by atoms with Gasteiger partial charge in [-0.05, 0) is 37.6 Å². The van der Waals surface area contributed by atoms with Crippen molar-refractivity contribution in [2.45, 2.75) is 25.9 Å². The molecular formula is C17H25ClN2O3. The second-order valence-electron chi connectivity index (χ2n) is 5.57. The Hall–Kier alpha value is -1.30. The van der Waals surface area contributed by atoms with Crippen molar-refractivity contribution in [2.24, 2.45) is 0 Å². The Bertz CT molecular complexity index is 492. The van der Waals surface area contributed by atoms with Gasteiger partial charge in [0, 0.05) is 24.7 Å². The van der Waals surface area contributed by atoms with Gasteiger partial charge in [0.2, 0.25) is 0 Å². The van der Waals surface area contributed by atoms with Crippen molar-refractivity contribution in [1.82, 2.24) is 10.2 Å². The molecule has 1 N–H and O–H groups in total. The van der Waals surface area contributed by atoms with E-state index in [1.54, 1.807) is 18.2 Å². The molecule has 0 radical (unpaired) electrons. The van der Waals surface area contributed by atoms with Gasteiger partial charge in [0.15, 0.2) is 6.10 Å². The standard InChI is InChI=1S/C17H25ClN2O3/c1-2-16(23-15-6-3-5-14(18)13-15)17(21)19-7-4-8-20-9-11-22-12-10-20/h3,5-6,13,16H,2,4,7-12H2,1H3,(H,19,21)/t16-/m0/s1. The van der Waals surface area contributed by atoms with Gasteiger partial charge < -0.3 is 14.8 Å². The Morgan fingerprint density at radius 1 is 1.43 bits per heavy atom. The number of carbonyl (C=O) groups is 1. The van der Waals surface area contributed by atoms with Gasteiger partial charge in [-0.1, -0.05) is 24.6 Å². The maximum absolute atomic E-state index is 12.2. The zero-order valence-corrected chi connectivity index (χ0v) is 14.3. The van der Waals surface area contributed by atoms with Crippen LogP contribution >= 0.6 is 11.6 Å². The second kappa shape index (κ2) is 9.75. The van der Waals surface area contributed by atoms with E-state index in [0.29, 0.717) is 23.7 Å². The highest BCUT2D eigenvalue weighted by molar-refractivity contribution is 6.30. The van der Waals surface area contributed by atoms with Crippen molar-refractivity contribution >= 4 is 17.5 Å². The summed E-state index contributed by atoms with van der Waals surface area (Å²) in [6.45, 7) is 7.13. The lowest BCUT2D eigenvalue weighted by atomic mass is 10.2. The smallest absolute Gasteiger partial charge is 0.261 e. The Morgan fingerprint density at radius 2 is 2.22 bits per heavy atom. The zero-order valence-electron chi connectivity index (χ0n) is 13.6. The Balaban J connectivity index is 1.69. The monoisotopic (exact) mass is 340 g/mol. The number of nitrogens with zero attached hydrogens (tertiary/aromatic N) is 1. The highest BCUT2D eigenvalue weighted by Crippen LogP contribution is 2.19. The molecule has 0 aliphatic carbocycles. The molecule has 1 atom stereocenters. The molecule has 1 saturated heterocycles. The zero-order chi connectivity index (χ0) is 16.5. The molecule has 0 spiro atoms. The van der Waals surface area contributed by atoms with Crippen LogP contribution in [0, 0.1) is 0 Å². The molecule has 1 heterocycles. The molecular weight excluding hydrogens is 316 g/mol. The van der Waals surface area contributed by atoms with Gasteiger partial charge in [0.1, 0.15) is 5.75 Å². The fraction of sp³-hybridized carbons (Fsp3) is 0.588. The van der Waals surface area contributed by atoms with E-state index >= 15 is 0 Å². The molecule has 0 saturated carbocycles. The van der Waals surface area contributed by atoms with E-state index in [0.717, 1.165) is 39.3 Å². The van der Waals surface area contributed by atoms with Gasteiger partial charge >= 0.3 is 0 Å². The lowest BCUT2D eigenvalue weighted by molar-refractivity contribution is -0.128. The van der Waals surface area contributed by atoms with E-state index < -0.39 is 6.10 Å². The number of halogens is 1. The van der Waals surface area contributed by atoms with Gasteiger partial charge in [0.25, 0.3) is 5.91 Å². The van der Waals surface area contributed by atoms with Crippen LogP contribution in [0.15, 0.2) is 24.3 Å². The predicted octanol–water partition coefficient (Wildman–Crippen LogP) is 2.34. The molecule has 0 unspecified atom stereocenters. The van der Waals surface area contributed by atoms with E-state index in [2.05, 4.69) is 10.2 Å². The van der Waals surface area contributed by atoms with Crippen molar-refractivity contribution in [3.05, 3.63) is 29.3 Å². The van der Waals surface area contributed by atoms with E-state index in [-0.39, 0.29) is 5.91 Å². The number of morpholine rings is 1. The number of nitrogens with one attached hydrogen (secondary N) is 1. The third-order valence-electron chi connectivity index (χ3n) is 3.79. The van der Waals surface area contributed by atoms with Crippen LogP contribution in [0.1, 0.15) is 19.8 Å². The third kappa shape index (κ3) is 6.37. The van der Waals surface area contributed by atoms with Crippen molar-refractivity contribution in [3.8, 4) is 5.75 Å². The lowest BCUT2D eigenvalue weighted by Gasteiger charge is -2.26. The molecule has 1 aliphatic rings. The minimum atomic E-state index is -0.489. The molecule has 0 bridgehead atoms. The topological polar surface area (TPSA) is 50.8 Å². The Kier molecular flexibility index (Phi) is 7.65. The minimum absolute atomic E-state index is 0.0746. The van der Waals surface area contributed by atoms with Crippen LogP contribution in [0.3, 0.4) is 0 Å². The molecule has 23 heavy (non-hydrogen) atoms. The summed E-state index contributed by atoms with van der Waals surface area (Å²) >= 11 is 5.93. The summed E-state index contributed by atoms with van der Waals surface area (Å²) in [7, 11) is 0. The number of hydrogen-bond acceptors (Lipinski definition) is 4. The maximum Gasteiger partial charge on any atom is 0.261 e. The van der Waals surface area contributed by atoms with Crippen LogP contribution in [-0.2, 0) is 9.53 Å². The maximum atomic E-state index is 12.2. The van der Waals surface area contributed by atoms with Gasteiger partial charge in [-0.15, -0.1) is 0 Å². The lowest BCUT2D eigenvalue weighted by Crippen LogP contribution is -2.41. The van der Waals surface area contributed by atoms with Crippen molar-refractivity contribution in [3.63, 3.8) is 0 Å². The summed E-state index contributed by atoms with van der Waals surface area (Å²) in [5.74, 6) is 0.544. The third-order valence-corrected chi connectivity index (χ3v) is 4.03. The van der Waals surface area contributed by atoms with E-state index in [1.807, 2.05) is 13.0 Å². The van der Waals surface area contributed by atoms with E-state index in [1.165, 1.54) is 0 Å². The van der Waals surface area contributed by atoms with Crippen LogP contribution < -0.4 is 10.1 Å². The quantitative estimate of drug-likeness (QED) is 0.738. The van der Waals surface area contributed by atoms with Crippen LogP contribution in [0.4, 0.5) is 0 Å². The average Bonchev–Trinajstić information content (AvgIpc) is 2.57. The molecule has 1 fully saturated rings. The van der Waals surface area contributed by atoms with Crippen LogP contribution in [0.2, 0.25) is 5.02 Å². The van der Waals surface area contributed by atoms with Crippen LogP contribution in [0.5, 0.6) is 5.75 Å². The fourth-order valence-corrected chi connectivity index (χ4v) is 2.66. The highest BCUT2D eigenvalue weighted by Gasteiger charge is 2.18. The SMILES string of the molecule is CC[C@H](Oc1cccc(Cl)c1)C(=O)NCCCN1CCOCC1. The minimum Gasteiger partial charge on any atom is -0.481 e. The molecule has 0 aromatic heterocycles. The first-order chi connectivity index (χ1) is 11.2. The van der Waals surface area contributed by atoms with Crippen LogP contribution in [0.25, 0.3) is 0 Å². The number of hydrogen-bond donors (Lipinski definition) is 1. The summed E-state index contributed by atoms with van der Waals surface area (Å²) in [5, 5.41) is 3.55. The molecule has 128 valence electrons. The van der Waals surface area contributed by atoms with Crippen molar-refractivity contribution in [2.75, 3.05) is 39.4 Å². The fourth-order valence-electron chi connectivity index (χ4n) is 2.48. The number of rotatable bonds is 8. The average molecular weight is 341 g/mol. The summed E-state index contributed by atoms with van der Waals surface area (Å²) in [6.07, 6.45) is 1.05. The van der Waals surface area contributed by atoms with Gasteiger partial charge in [-0.3, -0.25) is 9.69 Å². The molecule has 1 aliphatic heterocycles. The number of benzene rings is 1. The second-order valence-corrected chi connectivity index (χ2v) is 6.01. The summed E-state index contributed by atoms with van der Waals surface area (Å²) < 4.78 is 11.0. The first-order valence-corrected chi connectivity index (χ1v) is 8.57. The van der Waals surface area contributed by atoms with Gasteiger partial charge in [0.05, 0.1) is 13.2 Å². The predicted molar refractivity (Wildman–Crippen MR) is 91.0 cm³/mol. The number of amides is 1. The van der Waals surface area contributed by atoms with Crippen molar-refractivity contribution in [1.29, 1.82) is 0 Å². The number of ether oxygens (including phenoxy) is 2. The molecule has 6 heteroatoms. The first kappa shape index (κ1) is 18.0. The summed E-state index contributed by atoms with van der Waals surface area (Å²) in [5.41, 5.74) is 0. The Labute approximate surface area is 142 Å². The largest absolute Gasteiger partial charge is 0.481 e. The van der Waals surface area contributed by atoms with Crippen molar-refractivity contribution < 1.29 is 14.3 Å². The molecule has 5 nitrogen and oxygen atoms in total. The summed E-state index contributed by atoms with van der Waals surface area (Å²) in [4.78, 5) is 14.6. The highest BCUT2D eigenvalue weighted by atomic mass is 35.5. The molecule has 1 aromatic rings. The molecule has 2 rings (SSSR count). The van der Waals surface area contributed by atoms with Gasteiger partial charge in [-0.25, -0.2) is 0 Å². The Morgan fingerprint density at radius 3 is 2.91 bits per heavy atom.